The maximum Gasteiger partial charge on any atom is 0.164 e. The van der Waals surface area contributed by atoms with Crippen molar-refractivity contribution in [1.29, 1.82) is 0 Å². The van der Waals surface area contributed by atoms with Gasteiger partial charge in [-0.15, -0.1) is 0 Å². The van der Waals surface area contributed by atoms with Gasteiger partial charge in [0.2, 0.25) is 0 Å². The van der Waals surface area contributed by atoms with Crippen molar-refractivity contribution in [3.8, 4) is 11.5 Å². The van der Waals surface area contributed by atoms with Gasteiger partial charge in [-0.1, -0.05) is 6.92 Å². The number of piperidine rings is 1. The second kappa shape index (κ2) is 7.46. The fourth-order valence-corrected chi connectivity index (χ4v) is 2.92. The zero-order chi connectivity index (χ0) is 16.1. The molecule has 124 valence electrons. The van der Waals surface area contributed by atoms with E-state index >= 15 is 0 Å². The number of hydrogen-bond acceptors (Lipinski definition) is 5. The van der Waals surface area contributed by atoms with Gasteiger partial charge >= 0.3 is 0 Å². The molecule has 0 aliphatic carbocycles. The quantitative estimate of drug-likeness (QED) is 0.887. The van der Waals surface area contributed by atoms with Gasteiger partial charge in [0.05, 0.1) is 13.7 Å². The van der Waals surface area contributed by atoms with E-state index in [1.165, 1.54) is 12.8 Å². The molecule has 1 fully saturated rings. The van der Waals surface area contributed by atoms with E-state index in [0.29, 0.717) is 6.61 Å². The summed E-state index contributed by atoms with van der Waals surface area (Å²) in [4.78, 5) is 6.94. The van der Waals surface area contributed by atoms with Gasteiger partial charge in [-0.05, 0) is 49.6 Å². The van der Waals surface area contributed by atoms with E-state index in [1.807, 2.05) is 24.3 Å². The molecule has 1 saturated heterocycles. The predicted octanol–water partition coefficient (Wildman–Crippen LogP) is 2.62. The Hall–Kier alpha value is -2.08. The van der Waals surface area contributed by atoms with Gasteiger partial charge in [0.15, 0.2) is 11.6 Å². The molecule has 0 saturated carbocycles. The molecule has 1 aliphatic rings. The summed E-state index contributed by atoms with van der Waals surface area (Å²) in [5.41, 5.74) is 0. The van der Waals surface area contributed by atoms with Crippen molar-refractivity contribution < 1.29 is 9.47 Å². The molecule has 1 unspecified atom stereocenters. The Morgan fingerprint density at radius 2 is 2.04 bits per heavy atom. The number of hydrogen-bond donors (Lipinski definition) is 1. The molecular weight excluding hydrogens is 292 g/mol. The number of methoxy groups -OCH3 is 1. The van der Waals surface area contributed by atoms with Gasteiger partial charge in [0.1, 0.15) is 18.1 Å². The summed E-state index contributed by atoms with van der Waals surface area (Å²) in [7, 11) is 1.65. The lowest BCUT2D eigenvalue weighted by Crippen LogP contribution is -2.34. The van der Waals surface area contributed by atoms with Crippen LogP contribution >= 0.6 is 0 Å². The highest BCUT2D eigenvalue weighted by atomic mass is 16.5. The molecule has 1 aliphatic heterocycles. The first kappa shape index (κ1) is 15.8. The van der Waals surface area contributed by atoms with Crippen molar-refractivity contribution >= 4 is 0 Å². The van der Waals surface area contributed by atoms with Crippen LogP contribution in [0.15, 0.2) is 24.3 Å². The fourth-order valence-electron chi connectivity index (χ4n) is 2.92. The zero-order valence-corrected chi connectivity index (χ0v) is 13.8. The molecule has 1 N–H and O–H groups in total. The Kier molecular flexibility index (Phi) is 5.12. The number of nitrogens with zero attached hydrogens (tertiary/aromatic N) is 3. The third kappa shape index (κ3) is 4.45. The normalized spacial score (nSPS) is 18.8. The summed E-state index contributed by atoms with van der Waals surface area (Å²) < 4.78 is 10.8. The standard InChI is InChI=1S/C17H24N4O2/c1-13-4-3-9-21(10-13)11-16-18-17(20-19-16)12-23-15-7-5-14(22-2)6-8-15/h5-8,13H,3-4,9-12H2,1-2H3,(H,18,19,20). The summed E-state index contributed by atoms with van der Waals surface area (Å²) >= 11 is 0. The number of ether oxygens (including phenoxy) is 2. The number of aromatic nitrogens is 3. The monoisotopic (exact) mass is 316 g/mol. The van der Waals surface area contributed by atoms with Gasteiger partial charge in [0.25, 0.3) is 0 Å². The van der Waals surface area contributed by atoms with Crippen LogP contribution in [-0.4, -0.2) is 40.3 Å². The molecule has 0 spiro atoms. The average molecular weight is 316 g/mol. The van der Waals surface area contributed by atoms with Crippen LogP contribution in [0.4, 0.5) is 0 Å². The molecule has 3 rings (SSSR count). The van der Waals surface area contributed by atoms with E-state index in [0.717, 1.165) is 48.7 Å². The molecule has 1 atom stereocenters. The summed E-state index contributed by atoms with van der Waals surface area (Å²) in [6.07, 6.45) is 2.59. The van der Waals surface area contributed by atoms with E-state index in [1.54, 1.807) is 7.11 Å². The Labute approximate surface area is 136 Å². The molecular formula is C17H24N4O2. The van der Waals surface area contributed by atoms with Gasteiger partial charge in [-0.25, -0.2) is 4.98 Å². The Morgan fingerprint density at radius 1 is 1.26 bits per heavy atom. The number of H-pyrrole nitrogens is 1. The first-order chi connectivity index (χ1) is 11.2. The van der Waals surface area contributed by atoms with E-state index in [2.05, 4.69) is 27.0 Å². The highest BCUT2D eigenvalue weighted by Gasteiger charge is 2.17. The van der Waals surface area contributed by atoms with Crippen LogP contribution in [0.2, 0.25) is 0 Å². The number of nitrogens with one attached hydrogen (secondary N) is 1. The predicted molar refractivity (Wildman–Crippen MR) is 87.4 cm³/mol. The lowest BCUT2D eigenvalue weighted by Gasteiger charge is -2.29. The largest absolute Gasteiger partial charge is 0.497 e. The minimum absolute atomic E-state index is 0.385. The molecule has 0 radical (unpaired) electrons. The van der Waals surface area contributed by atoms with Crippen LogP contribution in [0.3, 0.4) is 0 Å². The van der Waals surface area contributed by atoms with E-state index in [-0.39, 0.29) is 0 Å². The summed E-state index contributed by atoms with van der Waals surface area (Å²) in [6, 6.07) is 7.51. The van der Waals surface area contributed by atoms with E-state index < -0.39 is 0 Å². The maximum absolute atomic E-state index is 5.71. The minimum atomic E-state index is 0.385. The Bertz CT molecular complexity index is 611. The fraction of sp³-hybridized carbons (Fsp3) is 0.529. The smallest absolute Gasteiger partial charge is 0.164 e. The molecule has 1 aromatic carbocycles. The molecule has 0 amide bonds. The topological polar surface area (TPSA) is 63.3 Å². The summed E-state index contributed by atoms with van der Waals surface area (Å²) in [5, 5.41) is 7.26. The molecule has 2 heterocycles. The molecule has 23 heavy (non-hydrogen) atoms. The number of aromatic amines is 1. The van der Waals surface area contributed by atoms with Gasteiger partial charge in [0, 0.05) is 6.54 Å². The van der Waals surface area contributed by atoms with Crippen LogP contribution in [0, 0.1) is 5.92 Å². The third-order valence-corrected chi connectivity index (χ3v) is 4.12. The zero-order valence-electron chi connectivity index (χ0n) is 13.8. The Morgan fingerprint density at radius 3 is 2.78 bits per heavy atom. The van der Waals surface area contributed by atoms with Crippen molar-refractivity contribution in [2.24, 2.45) is 5.92 Å². The summed E-state index contributed by atoms with van der Waals surface area (Å²) in [5.74, 6) is 3.96. The van der Waals surface area contributed by atoms with Crippen LogP contribution in [0.5, 0.6) is 11.5 Å². The molecule has 6 nitrogen and oxygen atoms in total. The van der Waals surface area contributed by atoms with Crippen molar-refractivity contribution in [2.75, 3.05) is 20.2 Å². The molecule has 1 aromatic heterocycles. The Balaban J connectivity index is 1.50. The highest BCUT2D eigenvalue weighted by molar-refractivity contribution is 5.31. The van der Waals surface area contributed by atoms with Gasteiger partial charge < -0.3 is 9.47 Å². The van der Waals surface area contributed by atoms with Crippen LogP contribution in [0.25, 0.3) is 0 Å². The van der Waals surface area contributed by atoms with E-state index in [9.17, 15) is 0 Å². The summed E-state index contributed by atoms with van der Waals surface area (Å²) in [6.45, 7) is 5.76. The van der Waals surface area contributed by atoms with Gasteiger partial charge in [-0.2, -0.15) is 5.10 Å². The van der Waals surface area contributed by atoms with Crippen LogP contribution in [-0.2, 0) is 13.2 Å². The lowest BCUT2D eigenvalue weighted by molar-refractivity contribution is 0.173. The first-order valence-electron chi connectivity index (χ1n) is 8.12. The lowest BCUT2D eigenvalue weighted by atomic mass is 10.0. The van der Waals surface area contributed by atoms with Crippen molar-refractivity contribution in [2.45, 2.75) is 32.9 Å². The van der Waals surface area contributed by atoms with Crippen molar-refractivity contribution in [1.82, 2.24) is 20.1 Å². The number of rotatable bonds is 6. The van der Waals surface area contributed by atoms with E-state index in [4.69, 9.17) is 9.47 Å². The molecule has 2 aromatic rings. The average Bonchev–Trinajstić information content (AvgIpc) is 3.01. The molecule has 6 heteroatoms. The highest BCUT2D eigenvalue weighted by Crippen LogP contribution is 2.18. The SMILES string of the molecule is COc1ccc(OCc2nc(CN3CCCC(C)C3)n[nH]2)cc1. The second-order valence-corrected chi connectivity index (χ2v) is 6.15. The van der Waals surface area contributed by atoms with Crippen LogP contribution in [0.1, 0.15) is 31.4 Å². The van der Waals surface area contributed by atoms with Crippen molar-refractivity contribution in [3.05, 3.63) is 35.9 Å². The number of benzene rings is 1. The molecule has 0 bridgehead atoms. The maximum atomic E-state index is 5.71. The van der Waals surface area contributed by atoms with Crippen molar-refractivity contribution in [3.63, 3.8) is 0 Å². The number of likely N-dealkylation sites (tertiary alicyclic amines) is 1. The first-order valence-corrected chi connectivity index (χ1v) is 8.12. The minimum Gasteiger partial charge on any atom is -0.497 e. The van der Waals surface area contributed by atoms with Gasteiger partial charge in [-0.3, -0.25) is 10.00 Å². The van der Waals surface area contributed by atoms with Crippen LogP contribution < -0.4 is 9.47 Å². The second-order valence-electron chi connectivity index (χ2n) is 6.15. The third-order valence-electron chi connectivity index (χ3n) is 4.12.